The van der Waals surface area contributed by atoms with Gasteiger partial charge in [0, 0.05) is 22.7 Å². The van der Waals surface area contributed by atoms with Crippen molar-refractivity contribution in [3.8, 4) is 5.75 Å². The van der Waals surface area contributed by atoms with E-state index in [4.69, 9.17) is 22.1 Å². The Hall–Kier alpha value is -2.59. The Bertz CT molecular complexity index is 849. The maximum Gasteiger partial charge on any atom is 0.250 e. The van der Waals surface area contributed by atoms with Gasteiger partial charge in [0.1, 0.15) is 12.4 Å². The van der Waals surface area contributed by atoms with Crippen LogP contribution in [-0.2, 0) is 6.61 Å². The number of rotatable bonds is 4. The Morgan fingerprint density at radius 2 is 2.05 bits per heavy atom. The molecule has 1 amide bonds. The monoisotopic (exact) mass is 312 g/mol. The number of fused-ring (bicyclic) bond motifs is 1. The summed E-state index contributed by atoms with van der Waals surface area (Å²) in [6.45, 7) is 0.422. The summed E-state index contributed by atoms with van der Waals surface area (Å²) >= 11 is 5.94. The summed E-state index contributed by atoms with van der Waals surface area (Å²) in [6, 6.07) is 14.7. The van der Waals surface area contributed by atoms with Crippen LogP contribution >= 0.6 is 11.6 Å². The molecule has 0 saturated heterocycles. The molecule has 0 saturated carbocycles. The van der Waals surface area contributed by atoms with Crippen LogP contribution in [-0.4, -0.2) is 10.9 Å². The summed E-state index contributed by atoms with van der Waals surface area (Å²) in [4.78, 5) is 15.4. The van der Waals surface area contributed by atoms with Gasteiger partial charge in [0.25, 0.3) is 0 Å². The molecule has 0 spiro atoms. The number of hydrogen-bond acceptors (Lipinski definition) is 3. The van der Waals surface area contributed by atoms with Crippen LogP contribution in [0.4, 0.5) is 0 Å². The van der Waals surface area contributed by atoms with Crippen molar-refractivity contribution < 1.29 is 9.53 Å². The second kappa shape index (κ2) is 6.03. The first kappa shape index (κ1) is 14.4. The second-order valence-electron chi connectivity index (χ2n) is 4.86. The molecule has 2 aromatic carbocycles. The fourth-order valence-corrected chi connectivity index (χ4v) is 2.33. The maximum absolute atomic E-state index is 11.1. The van der Waals surface area contributed by atoms with Crippen LogP contribution in [0.25, 0.3) is 10.9 Å². The predicted molar refractivity (Wildman–Crippen MR) is 86.0 cm³/mol. The summed E-state index contributed by atoms with van der Waals surface area (Å²) in [5.41, 5.74) is 7.37. The average molecular weight is 313 g/mol. The van der Waals surface area contributed by atoms with E-state index in [1.165, 1.54) is 6.20 Å². The van der Waals surface area contributed by atoms with Crippen LogP contribution < -0.4 is 10.5 Å². The third kappa shape index (κ3) is 3.18. The minimum absolute atomic E-state index is 0.389. The van der Waals surface area contributed by atoms with Gasteiger partial charge in [-0.1, -0.05) is 23.7 Å². The van der Waals surface area contributed by atoms with Crippen LogP contribution in [0.5, 0.6) is 5.75 Å². The lowest BCUT2D eigenvalue weighted by atomic mass is 10.1. The lowest BCUT2D eigenvalue weighted by Gasteiger charge is -2.08. The molecule has 1 aromatic heterocycles. The molecule has 1 heterocycles. The molecule has 0 atom stereocenters. The predicted octanol–water partition coefficient (Wildman–Crippen LogP) is 3.57. The minimum atomic E-state index is -0.490. The van der Waals surface area contributed by atoms with Gasteiger partial charge in [0.2, 0.25) is 5.91 Å². The molecule has 2 N–H and O–H groups in total. The highest BCUT2D eigenvalue weighted by Crippen LogP contribution is 2.21. The standard InChI is InChI=1S/C17H13ClN2O2/c18-14-3-1-2-11(6-14)10-22-15-5-4-12-7-13(17(19)21)9-20-16(12)8-15/h1-9H,10H2,(H2,19,21). The number of benzene rings is 2. The fraction of sp³-hybridized carbons (Fsp3) is 0.0588. The van der Waals surface area contributed by atoms with E-state index in [1.807, 2.05) is 42.5 Å². The van der Waals surface area contributed by atoms with Gasteiger partial charge in [0.05, 0.1) is 11.1 Å². The van der Waals surface area contributed by atoms with E-state index in [0.29, 0.717) is 22.9 Å². The third-order valence-electron chi connectivity index (χ3n) is 3.23. The Labute approximate surface area is 132 Å². The van der Waals surface area contributed by atoms with Crippen LogP contribution in [0.3, 0.4) is 0 Å². The number of nitrogens with zero attached hydrogens (tertiary/aromatic N) is 1. The molecule has 0 aliphatic rings. The van der Waals surface area contributed by atoms with E-state index in [2.05, 4.69) is 4.98 Å². The van der Waals surface area contributed by atoms with Crippen LogP contribution in [0, 0.1) is 0 Å². The van der Waals surface area contributed by atoms with Crippen molar-refractivity contribution in [2.24, 2.45) is 5.73 Å². The van der Waals surface area contributed by atoms with Crippen molar-refractivity contribution in [2.75, 3.05) is 0 Å². The number of aromatic nitrogens is 1. The summed E-state index contributed by atoms with van der Waals surface area (Å²) in [7, 11) is 0. The molecule has 0 aliphatic heterocycles. The van der Waals surface area contributed by atoms with Crippen molar-refractivity contribution in [2.45, 2.75) is 6.61 Å². The summed E-state index contributed by atoms with van der Waals surface area (Å²) < 4.78 is 5.74. The molecule has 4 nitrogen and oxygen atoms in total. The Kier molecular flexibility index (Phi) is 3.94. The highest BCUT2D eigenvalue weighted by atomic mass is 35.5. The highest BCUT2D eigenvalue weighted by Gasteiger charge is 2.04. The van der Waals surface area contributed by atoms with Crippen molar-refractivity contribution in [3.63, 3.8) is 0 Å². The van der Waals surface area contributed by atoms with Gasteiger partial charge in [-0.2, -0.15) is 0 Å². The van der Waals surface area contributed by atoms with E-state index in [0.717, 1.165) is 16.5 Å². The molecular weight excluding hydrogens is 300 g/mol. The average Bonchev–Trinajstić information content (AvgIpc) is 2.52. The number of primary amides is 1. The van der Waals surface area contributed by atoms with E-state index < -0.39 is 5.91 Å². The van der Waals surface area contributed by atoms with Gasteiger partial charge in [-0.05, 0) is 35.9 Å². The maximum atomic E-state index is 11.1. The molecule has 0 bridgehead atoms. The van der Waals surface area contributed by atoms with E-state index in [-0.39, 0.29) is 0 Å². The third-order valence-corrected chi connectivity index (χ3v) is 3.47. The number of carbonyl (C=O) groups is 1. The number of carbonyl (C=O) groups excluding carboxylic acids is 1. The molecule has 3 aromatic rings. The van der Waals surface area contributed by atoms with Gasteiger partial charge in [-0.15, -0.1) is 0 Å². The topological polar surface area (TPSA) is 65.2 Å². The Morgan fingerprint density at radius 3 is 2.82 bits per heavy atom. The molecule has 22 heavy (non-hydrogen) atoms. The molecule has 0 radical (unpaired) electrons. The van der Waals surface area contributed by atoms with Crippen LogP contribution in [0.2, 0.25) is 5.02 Å². The zero-order chi connectivity index (χ0) is 15.5. The van der Waals surface area contributed by atoms with Gasteiger partial charge in [0.15, 0.2) is 0 Å². The first-order valence-corrected chi connectivity index (χ1v) is 7.06. The zero-order valence-electron chi connectivity index (χ0n) is 11.6. The number of ether oxygens (including phenoxy) is 1. The minimum Gasteiger partial charge on any atom is -0.489 e. The van der Waals surface area contributed by atoms with E-state index >= 15 is 0 Å². The quantitative estimate of drug-likeness (QED) is 0.801. The van der Waals surface area contributed by atoms with Gasteiger partial charge in [-0.3, -0.25) is 9.78 Å². The molecule has 5 heteroatoms. The molecule has 0 aliphatic carbocycles. The lowest BCUT2D eigenvalue weighted by molar-refractivity contribution is 0.1000. The van der Waals surface area contributed by atoms with Crippen LogP contribution in [0.1, 0.15) is 15.9 Å². The van der Waals surface area contributed by atoms with Gasteiger partial charge < -0.3 is 10.5 Å². The van der Waals surface area contributed by atoms with E-state index in [9.17, 15) is 4.79 Å². The number of hydrogen-bond donors (Lipinski definition) is 1. The van der Waals surface area contributed by atoms with Crippen molar-refractivity contribution in [1.29, 1.82) is 0 Å². The summed E-state index contributed by atoms with van der Waals surface area (Å²) in [5.74, 6) is 0.211. The first-order chi connectivity index (χ1) is 10.6. The summed E-state index contributed by atoms with van der Waals surface area (Å²) in [5, 5.41) is 1.52. The fourth-order valence-electron chi connectivity index (χ4n) is 2.12. The molecule has 0 fully saturated rings. The molecule has 0 unspecified atom stereocenters. The number of amides is 1. The van der Waals surface area contributed by atoms with Crippen molar-refractivity contribution in [3.05, 3.63) is 70.9 Å². The SMILES string of the molecule is NC(=O)c1cnc2cc(OCc3cccc(Cl)c3)ccc2c1. The Morgan fingerprint density at radius 1 is 1.18 bits per heavy atom. The normalized spacial score (nSPS) is 10.6. The second-order valence-corrected chi connectivity index (χ2v) is 5.30. The number of pyridine rings is 1. The van der Waals surface area contributed by atoms with E-state index in [1.54, 1.807) is 6.07 Å². The van der Waals surface area contributed by atoms with Gasteiger partial charge in [-0.25, -0.2) is 0 Å². The lowest BCUT2D eigenvalue weighted by Crippen LogP contribution is -2.11. The number of nitrogens with two attached hydrogens (primary N) is 1. The summed E-state index contributed by atoms with van der Waals surface area (Å²) in [6.07, 6.45) is 1.46. The van der Waals surface area contributed by atoms with Crippen LogP contribution in [0.15, 0.2) is 54.7 Å². The van der Waals surface area contributed by atoms with Crippen molar-refractivity contribution in [1.82, 2.24) is 4.98 Å². The highest BCUT2D eigenvalue weighted by molar-refractivity contribution is 6.30. The molecular formula is C17H13ClN2O2. The van der Waals surface area contributed by atoms with Crippen molar-refractivity contribution >= 4 is 28.4 Å². The Balaban J connectivity index is 1.80. The largest absolute Gasteiger partial charge is 0.489 e. The van der Waals surface area contributed by atoms with Gasteiger partial charge >= 0.3 is 0 Å². The zero-order valence-corrected chi connectivity index (χ0v) is 12.4. The smallest absolute Gasteiger partial charge is 0.250 e. The first-order valence-electron chi connectivity index (χ1n) is 6.69. The molecule has 3 rings (SSSR count). The number of halogens is 1. The molecule has 110 valence electrons.